The molecule has 0 spiro atoms. The number of aromatic amines is 1. The van der Waals surface area contributed by atoms with Crippen molar-refractivity contribution in [3.63, 3.8) is 0 Å². The molecule has 1 fully saturated rings. The molecular formula is C11H12N4O5S3. The molecule has 3 rings (SSSR count). The lowest BCUT2D eigenvalue weighted by Gasteiger charge is -2.24. The van der Waals surface area contributed by atoms with E-state index in [0.717, 1.165) is 11.3 Å². The Morgan fingerprint density at radius 1 is 1.39 bits per heavy atom. The van der Waals surface area contributed by atoms with Crippen molar-refractivity contribution in [2.24, 2.45) is 0 Å². The van der Waals surface area contributed by atoms with Crippen molar-refractivity contribution in [1.82, 2.24) is 14.5 Å². The number of amides is 1. The highest BCUT2D eigenvalue weighted by Gasteiger charge is 2.30. The Morgan fingerprint density at radius 2 is 2.13 bits per heavy atom. The molecule has 0 bridgehead atoms. The number of morpholine rings is 1. The highest BCUT2D eigenvalue weighted by atomic mass is 32.2. The van der Waals surface area contributed by atoms with Gasteiger partial charge in [-0.25, -0.2) is 8.42 Å². The Labute approximate surface area is 140 Å². The molecule has 0 aromatic carbocycles. The van der Waals surface area contributed by atoms with E-state index < -0.39 is 15.9 Å². The second-order valence-electron chi connectivity index (χ2n) is 4.51. The zero-order chi connectivity index (χ0) is 16.4. The third kappa shape index (κ3) is 3.50. The summed E-state index contributed by atoms with van der Waals surface area (Å²) in [7, 11) is -3.77. The van der Waals surface area contributed by atoms with Crippen LogP contribution < -0.4 is 5.32 Å². The first-order valence-electron chi connectivity index (χ1n) is 6.51. The number of rotatable bonds is 4. The number of hydrogen-bond acceptors (Lipinski definition) is 8. The molecule has 0 unspecified atom stereocenters. The molecule has 1 aliphatic rings. The van der Waals surface area contributed by atoms with Gasteiger partial charge in [-0.2, -0.15) is 4.31 Å². The fourth-order valence-electron chi connectivity index (χ4n) is 1.94. The van der Waals surface area contributed by atoms with Gasteiger partial charge >= 0.3 is 0 Å². The maximum Gasteiger partial charge on any atom is 0.293 e. The highest BCUT2D eigenvalue weighted by Crippen LogP contribution is 2.21. The number of carbonyl (C=O) groups is 1. The third-order valence-corrected chi connectivity index (χ3v) is 5.81. The number of H-pyrrole nitrogens is 1. The van der Waals surface area contributed by atoms with Crippen LogP contribution in [-0.2, 0) is 14.8 Å². The van der Waals surface area contributed by atoms with Crippen LogP contribution in [0.5, 0.6) is 0 Å². The topological polar surface area (TPSA) is 118 Å². The zero-order valence-corrected chi connectivity index (χ0v) is 14.1. The molecule has 0 atom stereocenters. The third-order valence-electron chi connectivity index (χ3n) is 3.03. The predicted molar refractivity (Wildman–Crippen MR) is 83.5 cm³/mol. The Bertz CT molecular complexity index is 862. The molecule has 3 heterocycles. The van der Waals surface area contributed by atoms with Gasteiger partial charge in [0.05, 0.1) is 13.2 Å². The van der Waals surface area contributed by atoms with E-state index in [4.69, 9.17) is 21.4 Å². The number of carbonyl (C=O) groups excluding carboxylic acids is 1. The quantitative estimate of drug-likeness (QED) is 0.766. The van der Waals surface area contributed by atoms with Crippen LogP contribution in [0.1, 0.15) is 10.6 Å². The number of sulfonamides is 1. The first-order chi connectivity index (χ1) is 11.0. The molecule has 124 valence electrons. The summed E-state index contributed by atoms with van der Waals surface area (Å²) in [6.07, 6.45) is 0. The van der Waals surface area contributed by atoms with Crippen LogP contribution in [0.15, 0.2) is 21.6 Å². The minimum atomic E-state index is -3.77. The van der Waals surface area contributed by atoms with Gasteiger partial charge in [0.2, 0.25) is 10.2 Å². The van der Waals surface area contributed by atoms with Gasteiger partial charge in [0.1, 0.15) is 0 Å². The van der Waals surface area contributed by atoms with Crippen LogP contribution in [-0.4, -0.2) is 55.1 Å². The number of hydrogen-bond donors (Lipinski definition) is 2. The van der Waals surface area contributed by atoms with Crippen molar-refractivity contribution in [2.45, 2.75) is 5.09 Å². The molecule has 0 aliphatic carbocycles. The van der Waals surface area contributed by atoms with Crippen LogP contribution in [0.4, 0.5) is 5.13 Å². The second-order valence-corrected chi connectivity index (χ2v) is 8.04. The Kier molecular flexibility index (Phi) is 4.59. The van der Waals surface area contributed by atoms with Gasteiger partial charge in [-0.3, -0.25) is 15.2 Å². The molecular weight excluding hydrogens is 364 g/mol. The van der Waals surface area contributed by atoms with E-state index in [1.54, 1.807) is 0 Å². The van der Waals surface area contributed by atoms with E-state index in [1.807, 2.05) is 0 Å². The summed E-state index contributed by atoms with van der Waals surface area (Å²) in [5, 5.41) is 8.77. The van der Waals surface area contributed by atoms with Crippen molar-refractivity contribution in [2.75, 3.05) is 31.6 Å². The molecule has 9 nitrogen and oxygen atoms in total. The summed E-state index contributed by atoms with van der Waals surface area (Å²) in [4.78, 5) is 12.0. The lowest BCUT2D eigenvalue weighted by Crippen LogP contribution is -2.40. The van der Waals surface area contributed by atoms with Crippen molar-refractivity contribution >= 4 is 44.6 Å². The number of aromatic nitrogens is 2. The average molecular weight is 376 g/mol. The summed E-state index contributed by atoms with van der Waals surface area (Å²) < 4.78 is 36.8. The number of nitrogens with zero attached hydrogens (tertiary/aromatic N) is 2. The van der Waals surface area contributed by atoms with Crippen molar-refractivity contribution in [1.29, 1.82) is 0 Å². The normalized spacial score (nSPS) is 16.3. The molecule has 1 amide bonds. The predicted octanol–water partition coefficient (Wildman–Crippen LogP) is 1.07. The average Bonchev–Trinajstić information content (AvgIpc) is 3.18. The minimum absolute atomic E-state index is 0.127. The SMILES string of the molecule is O=C(Nc1n[nH]c(=S)s1)c1ccc(S(=O)(=O)N2CCOCC2)o1. The number of nitrogens with one attached hydrogen (secondary N) is 2. The molecule has 1 aliphatic heterocycles. The van der Waals surface area contributed by atoms with Crippen LogP contribution in [0, 0.1) is 3.95 Å². The fraction of sp³-hybridized carbons (Fsp3) is 0.364. The van der Waals surface area contributed by atoms with Crippen LogP contribution in [0.2, 0.25) is 0 Å². The van der Waals surface area contributed by atoms with Crippen molar-refractivity contribution < 1.29 is 22.4 Å². The van der Waals surface area contributed by atoms with Gasteiger partial charge in [-0.15, -0.1) is 5.10 Å². The molecule has 23 heavy (non-hydrogen) atoms. The summed E-state index contributed by atoms with van der Waals surface area (Å²) in [6, 6.07) is 2.56. The van der Waals surface area contributed by atoms with E-state index >= 15 is 0 Å². The van der Waals surface area contributed by atoms with Gasteiger partial charge in [0.15, 0.2) is 9.71 Å². The Hall–Kier alpha value is -1.60. The second kappa shape index (κ2) is 6.49. The van der Waals surface area contributed by atoms with Crippen LogP contribution in [0.3, 0.4) is 0 Å². The van der Waals surface area contributed by atoms with Crippen molar-refractivity contribution in [3.8, 4) is 0 Å². The van der Waals surface area contributed by atoms with E-state index in [2.05, 4.69) is 15.5 Å². The van der Waals surface area contributed by atoms with E-state index in [-0.39, 0.29) is 29.1 Å². The summed E-state index contributed by atoms with van der Waals surface area (Å²) >= 11 is 5.94. The summed E-state index contributed by atoms with van der Waals surface area (Å²) in [5.74, 6) is -0.732. The Morgan fingerprint density at radius 3 is 2.78 bits per heavy atom. The van der Waals surface area contributed by atoms with Gasteiger partial charge in [0, 0.05) is 13.1 Å². The van der Waals surface area contributed by atoms with Crippen molar-refractivity contribution in [3.05, 3.63) is 21.8 Å². The van der Waals surface area contributed by atoms with E-state index in [0.29, 0.717) is 17.2 Å². The minimum Gasteiger partial charge on any atom is -0.438 e. The van der Waals surface area contributed by atoms with Gasteiger partial charge in [0.25, 0.3) is 15.9 Å². The summed E-state index contributed by atoms with van der Waals surface area (Å²) in [5.41, 5.74) is 0. The smallest absolute Gasteiger partial charge is 0.293 e. The molecule has 2 N–H and O–H groups in total. The zero-order valence-electron chi connectivity index (χ0n) is 11.6. The van der Waals surface area contributed by atoms with Gasteiger partial charge in [-0.1, -0.05) is 11.3 Å². The lowest BCUT2D eigenvalue weighted by atomic mass is 10.4. The van der Waals surface area contributed by atoms with Gasteiger partial charge in [-0.05, 0) is 24.4 Å². The Balaban J connectivity index is 1.76. The first kappa shape index (κ1) is 16.3. The monoisotopic (exact) mass is 376 g/mol. The number of ether oxygens (including phenoxy) is 1. The molecule has 0 radical (unpaired) electrons. The highest BCUT2D eigenvalue weighted by molar-refractivity contribution is 7.89. The standard InChI is InChI=1S/C11H12N4O5S3/c16-9(12-10-13-14-11(21)22-10)7-1-2-8(20-7)23(17,18)15-3-5-19-6-4-15/h1-2H,3-6H2,(H,14,21)(H,12,13,16). The molecule has 1 saturated heterocycles. The number of anilines is 1. The van der Waals surface area contributed by atoms with E-state index in [9.17, 15) is 13.2 Å². The summed E-state index contributed by atoms with van der Waals surface area (Å²) in [6.45, 7) is 1.16. The molecule has 2 aromatic rings. The molecule has 0 saturated carbocycles. The van der Waals surface area contributed by atoms with E-state index in [1.165, 1.54) is 16.4 Å². The molecule has 2 aromatic heterocycles. The maximum atomic E-state index is 12.4. The van der Waals surface area contributed by atoms with Crippen LogP contribution in [0.25, 0.3) is 0 Å². The molecule has 12 heteroatoms. The first-order valence-corrected chi connectivity index (χ1v) is 9.18. The maximum absolute atomic E-state index is 12.4. The largest absolute Gasteiger partial charge is 0.438 e. The lowest BCUT2D eigenvalue weighted by molar-refractivity contribution is 0.0723. The van der Waals surface area contributed by atoms with Crippen LogP contribution >= 0.6 is 23.6 Å². The van der Waals surface area contributed by atoms with Gasteiger partial charge < -0.3 is 9.15 Å². The number of furan rings is 1. The fourth-order valence-corrected chi connectivity index (χ4v) is 4.04.